The molecule has 7 nitrogen and oxygen atoms in total. The highest BCUT2D eigenvalue weighted by Gasteiger charge is 2.46. The molecule has 0 bridgehead atoms. The second-order valence-electron chi connectivity index (χ2n) is 4.75. The molecule has 0 aliphatic carbocycles. The standard InChI is InChI=1S/C12H17N3O4/c16-5-8-9(17)10(18)12(19-8)15-6-13-4-7-2-1-3-14-11(7)15/h1-2,6,8-10,12,14,16-18H,3-5H2/t8-,9-,10-,12?/m1/s1. The van der Waals surface area contributed by atoms with Gasteiger partial charge in [-0.25, -0.2) is 0 Å². The van der Waals surface area contributed by atoms with Crippen molar-refractivity contribution in [3.8, 4) is 0 Å². The van der Waals surface area contributed by atoms with E-state index in [0.29, 0.717) is 13.1 Å². The minimum Gasteiger partial charge on any atom is -0.394 e. The van der Waals surface area contributed by atoms with Gasteiger partial charge in [0.05, 0.1) is 19.5 Å². The molecule has 0 amide bonds. The van der Waals surface area contributed by atoms with Crippen LogP contribution in [0.1, 0.15) is 0 Å². The average Bonchev–Trinajstić information content (AvgIpc) is 2.74. The number of dihydropyridines is 1. The number of nitrogens with one attached hydrogen (secondary N) is 1. The Hall–Kier alpha value is -1.41. The van der Waals surface area contributed by atoms with Crippen LogP contribution in [0.5, 0.6) is 0 Å². The molecule has 0 aromatic rings. The third kappa shape index (κ3) is 2.04. The summed E-state index contributed by atoms with van der Waals surface area (Å²) in [5, 5.41) is 32.2. The van der Waals surface area contributed by atoms with Gasteiger partial charge in [-0.15, -0.1) is 0 Å². The molecule has 0 spiro atoms. The summed E-state index contributed by atoms with van der Waals surface area (Å²) in [6.45, 7) is 0.932. The van der Waals surface area contributed by atoms with E-state index < -0.39 is 24.5 Å². The monoisotopic (exact) mass is 267 g/mol. The Morgan fingerprint density at radius 1 is 1.42 bits per heavy atom. The lowest BCUT2D eigenvalue weighted by atomic mass is 10.1. The van der Waals surface area contributed by atoms with Crippen molar-refractivity contribution in [1.29, 1.82) is 0 Å². The zero-order valence-corrected chi connectivity index (χ0v) is 10.3. The maximum atomic E-state index is 10.0. The lowest BCUT2D eigenvalue weighted by molar-refractivity contribution is -0.0627. The van der Waals surface area contributed by atoms with Crippen LogP contribution in [0.2, 0.25) is 0 Å². The maximum absolute atomic E-state index is 10.0. The summed E-state index contributed by atoms with van der Waals surface area (Å²) in [5.74, 6) is 0.826. The zero-order valence-electron chi connectivity index (χ0n) is 10.3. The molecule has 0 aromatic carbocycles. The zero-order chi connectivity index (χ0) is 13.4. The van der Waals surface area contributed by atoms with E-state index >= 15 is 0 Å². The van der Waals surface area contributed by atoms with Gasteiger partial charge in [0.25, 0.3) is 0 Å². The number of hydrogen-bond donors (Lipinski definition) is 4. The van der Waals surface area contributed by atoms with Crippen LogP contribution >= 0.6 is 0 Å². The van der Waals surface area contributed by atoms with Crippen LogP contribution in [-0.2, 0) is 4.74 Å². The fourth-order valence-electron chi connectivity index (χ4n) is 2.52. The van der Waals surface area contributed by atoms with E-state index in [9.17, 15) is 10.2 Å². The molecular weight excluding hydrogens is 250 g/mol. The number of rotatable bonds is 2. The molecule has 7 heteroatoms. The average molecular weight is 267 g/mol. The first-order valence-electron chi connectivity index (χ1n) is 6.26. The lowest BCUT2D eigenvalue weighted by Gasteiger charge is -2.35. The van der Waals surface area contributed by atoms with E-state index in [2.05, 4.69) is 10.3 Å². The highest BCUT2D eigenvalue weighted by Crippen LogP contribution is 2.28. The van der Waals surface area contributed by atoms with Crippen molar-refractivity contribution in [1.82, 2.24) is 10.2 Å². The summed E-state index contributed by atoms with van der Waals surface area (Å²) in [6, 6.07) is 0. The van der Waals surface area contributed by atoms with Crippen molar-refractivity contribution in [2.45, 2.75) is 24.5 Å². The Bertz CT molecular complexity index is 448. The summed E-state index contributed by atoms with van der Waals surface area (Å²) < 4.78 is 5.51. The SMILES string of the molecule is OC[C@H]1OC(N2C=NCC3=C2NCC=C3)[C@H](O)[C@@H]1O. The highest BCUT2D eigenvalue weighted by molar-refractivity contribution is 5.62. The minimum absolute atomic E-state index is 0.334. The fraction of sp³-hybridized carbons (Fsp3) is 0.583. The third-order valence-electron chi connectivity index (χ3n) is 3.53. The van der Waals surface area contributed by atoms with Crippen LogP contribution in [0.15, 0.2) is 28.5 Å². The van der Waals surface area contributed by atoms with Crippen molar-refractivity contribution in [2.75, 3.05) is 19.7 Å². The number of aliphatic hydroxyl groups excluding tert-OH is 3. The number of aliphatic hydroxyl groups is 3. The second-order valence-corrected chi connectivity index (χ2v) is 4.75. The van der Waals surface area contributed by atoms with Crippen LogP contribution in [0.4, 0.5) is 0 Å². The molecule has 4 atom stereocenters. The number of hydrogen-bond acceptors (Lipinski definition) is 7. The van der Waals surface area contributed by atoms with Crippen LogP contribution < -0.4 is 5.32 Å². The molecule has 0 saturated carbocycles. The summed E-state index contributed by atoms with van der Waals surface area (Å²) in [6.07, 6.45) is 1.84. The van der Waals surface area contributed by atoms with Gasteiger partial charge in [0.2, 0.25) is 0 Å². The third-order valence-corrected chi connectivity index (χ3v) is 3.53. The predicted octanol–water partition coefficient (Wildman–Crippen LogP) is -1.86. The van der Waals surface area contributed by atoms with Crippen molar-refractivity contribution in [2.24, 2.45) is 4.99 Å². The van der Waals surface area contributed by atoms with E-state index in [4.69, 9.17) is 9.84 Å². The van der Waals surface area contributed by atoms with E-state index in [-0.39, 0.29) is 6.61 Å². The summed E-state index contributed by atoms with van der Waals surface area (Å²) in [5.41, 5.74) is 1.01. The van der Waals surface area contributed by atoms with Gasteiger partial charge in [0, 0.05) is 12.1 Å². The van der Waals surface area contributed by atoms with Gasteiger partial charge >= 0.3 is 0 Å². The van der Waals surface area contributed by atoms with Gasteiger partial charge in [-0.2, -0.15) is 0 Å². The van der Waals surface area contributed by atoms with Crippen molar-refractivity contribution < 1.29 is 20.1 Å². The molecule has 3 rings (SSSR count). The molecular formula is C12H17N3O4. The van der Waals surface area contributed by atoms with Gasteiger partial charge < -0.3 is 25.4 Å². The Kier molecular flexibility index (Phi) is 3.28. The molecule has 4 N–H and O–H groups in total. The molecule has 3 aliphatic rings. The van der Waals surface area contributed by atoms with E-state index in [1.165, 1.54) is 0 Å². The van der Waals surface area contributed by atoms with Gasteiger partial charge in [0.15, 0.2) is 6.23 Å². The normalized spacial score (nSPS) is 37.5. The Labute approximate surface area is 110 Å². The quantitative estimate of drug-likeness (QED) is 0.468. The fourth-order valence-corrected chi connectivity index (χ4v) is 2.52. The molecule has 1 saturated heterocycles. The van der Waals surface area contributed by atoms with Crippen LogP contribution in [0.25, 0.3) is 0 Å². The van der Waals surface area contributed by atoms with Crippen molar-refractivity contribution >= 4 is 6.34 Å². The Morgan fingerprint density at radius 3 is 3.00 bits per heavy atom. The van der Waals surface area contributed by atoms with Crippen LogP contribution in [0.3, 0.4) is 0 Å². The molecule has 104 valence electrons. The topological polar surface area (TPSA) is 97.6 Å². The largest absolute Gasteiger partial charge is 0.394 e. The number of nitrogens with zero attached hydrogens (tertiary/aromatic N) is 2. The van der Waals surface area contributed by atoms with E-state index in [1.54, 1.807) is 11.2 Å². The predicted molar refractivity (Wildman–Crippen MR) is 67.1 cm³/mol. The van der Waals surface area contributed by atoms with Crippen LogP contribution in [-0.4, -0.2) is 70.8 Å². The van der Waals surface area contributed by atoms with Crippen LogP contribution in [0, 0.1) is 0 Å². The Morgan fingerprint density at radius 2 is 2.26 bits per heavy atom. The van der Waals surface area contributed by atoms with Gasteiger partial charge in [0.1, 0.15) is 24.1 Å². The second kappa shape index (κ2) is 4.93. The molecule has 0 aromatic heterocycles. The smallest absolute Gasteiger partial charge is 0.165 e. The van der Waals surface area contributed by atoms with Gasteiger partial charge in [-0.05, 0) is 0 Å². The summed E-state index contributed by atoms with van der Waals surface area (Å²) >= 11 is 0. The summed E-state index contributed by atoms with van der Waals surface area (Å²) in [7, 11) is 0. The molecule has 1 fully saturated rings. The molecule has 3 aliphatic heterocycles. The maximum Gasteiger partial charge on any atom is 0.165 e. The van der Waals surface area contributed by atoms with Crippen molar-refractivity contribution in [3.05, 3.63) is 23.5 Å². The highest BCUT2D eigenvalue weighted by atomic mass is 16.6. The molecule has 19 heavy (non-hydrogen) atoms. The Balaban J connectivity index is 1.85. The van der Waals surface area contributed by atoms with E-state index in [0.717, 1.165) is 11.4 Å². The van der Waals surface area contributed by atoms with Gasteiger partial charge in [-0.3, -0.25) is 9.89 Å². The first kappa shape index (κ1) is 12.6. The first-order valence-corrected chi connectivity index (χ1v) is 6.26. The number of aliphatic imine (C=N–C) groups is 1. The molecule has 3 heterocycles. The van der Waals surface area contributed by atoms with Crippen molar-refractivity contribution in [3.63, 3.8) is 0 Å². The van der Waals surface area contributed by atoms with E-state index in [1.807, 2.05) is 12.2 Å². The molecule has 1 unspecified atom stereocenters. The molecule has 0 radical (unpaired) electrons. The first-order chi connectivity index (χ1) is 9.22. The number of ether oxygens (including phenoxy) is 1. The van der Waals surface area contributed by atoms with Gasteiger partial charge in [-0.1, -0.05) is 12.2 Å². The minimum atomic E-state index is -1.10. The summed E-state index contributed by atoms with van der Waals surface area (Å²) in [4.78, 5) is 5.89. The lowest BCUT2D eigenvalue weighted by Crippen LogP contribution is -2.48.